The Morgan fingerprint density at radius 1 is 1.12 bits per heavy atom. The summed E-state index contributed by atoms with van der Waals surface area (Å²) < 4.78 is 7.89. The molecule has 4 saturated carbocycles. The molecule has 1 amide bonds. The zero-order valence-corrected chi connectivity index (χ0v) is 20.0. The molecule has 2 heterocycles. The Balaban J connectivity index is 1.25. The molecule has 33 heavy (non-hydrogen) atoms. The number of likely N-dealkylation sites (tertiary alicyclic amines) is 1. The highest BCUT2D eigenvalue weighted by atomic mass is 16.5. The number of rotatable bonds is 8. The molecule has 0 unspecified atom stereocenters. The summed E-state index contributed by atoms with van der Waals surface area (Å²) >= 11 is 0. The van der Waals surface area contributed by atoms with E-state index in [0.29, 0.717) is 30.8 Å². The van der Waals surface area contributed by atoms with Crippen molar-refractivity contribution in [1.82, 2.24) is 20.0 Å². The quantitative estimate of drug-likeness (QED) is 0.621. The molecule has 1 aliphatic heterocycles. The largest absolute Gasteiger partial charge is 0.481 e. The predicted octanol–water partition coefficient (Wildman–Crippen LogP) is 3.17. The standard InChI is InChI=1S/C25H38N4O4/c1-16(2)33-23-21(15-26-29(23)8-7-28-5-3-20(4-6-28)24(31)32)22(30)27-25-12-17-9-18(13-25)11-19(10-17)14-25/h15-20H,3-14H2,1-2H3,(H,27,30)(H,31,32). The van der Waals surface area contributed by atoms with Crippen molar-refractivity contribution in [2.75, 3.05) is 19.6 Å². The molecule has 0 atom stereocenters. The number of aromatic nitrogens is 2. The smallest absolute Gasteiger partial charge is 0.306 e. The molecule has 4 aliphatic carbocycles. The maximum Gasteiger partial charge on any atom is 0.306 e. The van der Waals surface area contributed by atoms with E-state index in [0.717, 1.165) is 56.7 Å². The molecule has 4 bridgehead atoms. The Bertz CT molecular complexity index is 852. The molecule has 182 valence electrons. The van der Waals surface area contributed by atoms with E-state index in [-0.39, 0.29) is 23.5 Å². The van der Waals surface area contributed by atoms with E-state index in [4.69, 9.17) is 4.74 Å². The van der Waals surface area contributed by atoms with Crippen LogP contribution in [0.15, 0.2) is 6.20 Å². The number of carboxylic acids is 1. The van der Waals surface area contributed by atoms with Gasteiger partial charge in [0.1, 0.15) is 5.56 Å². The molecule has 1 aromatic rings. The van der Waals surface area contributed by atoms with Crippen molar-refractivity contribution >= 4 is 11.9 Å². The number of amides is 1. The lowest BCUT2D eigenvalue weighted by Gasteiger charge is -2.56. The third-order valence-electron chi connectivity index (χ3n) is 8.36. The van der Waals surface area contributed by atoms with Crippen molar-refractivity contribution in [1.29, 1.82) is 0 Å². The van der Waals surface area contributed by atoms with Crippen molar-refractivity contribution in [3.8, 4) is 5.88 Å². The molecular weight excluding hydrogens is 420 g/mol. The second-order valence-electron chi connectivity index (χ2n) is 11.4. The summed E-state index contributed by atoms with van der Waals surface area (Å²) in [5.74, 6) is 1.89. The van der Waals surface area contributed by atoms with E-state index in [2.05, 4.69) is 15.3 Å². The first-order valence-corrected chi connectivity index (χ1v) is 12.8. The molecule has 8 nitrogen and oxygen atoms in total. The minimum absolute atomic E-state index is 0.0441. The molecule has 5 aliphatic rings. The molecule has 0 spiro atoms. The van der Waals surface area contributed by atoms with Crippen LogP contribution < -0.4 is 10.1 Å². The van der Waals surface area contributed by atoms with Gasteiger partial charge in [0, 0.05) is 12.1 Å². The van der Waals surface area contributed by atoms with Crippen LogP contribution in [0, 0.1) is 23.7 Å². The Morgan fingerprint density at radius 2 is 1.73 bits per heavy atom. The van der Waals surface area contributed by atoms with Crippen molar-refractivity contribution in [2.24, 2.45) is 23.7 Å². The molecule has 0 radical (unpaired) electrons. The maximum atomic E-state index is 13.4. The fourth-order valence-corrected chi connectivity index (χ4v) is 7.25. The number of aliphatic carboxylic acids is 1. The van der Waals surface area contributed by atoms with Gasteiger partial charge in [0.15, 0.2) is 0 Å². The molecule has 6 rings (SSSR count). The second-order valence-corrected chi connectivity index (χ2v) is 11.4. The Morgan fingerprint density at radius 3 is 2.27 bits per heavy atom. The van der Waals surface area contributed by atoms with Gasteiger partial charge < -0.3 is 20.1 Å². The Hall–Kier alpha value is -2.09. The van der Waals surface area contributed by atoms with Gasteiger partial charge in [-0.25, -0.2) is 4.68 Å². The number of carbonyl (C=O) groups excluding carboxylic acids is 1. The van der Waals surface area contributed by atoms with Gasteiger partial charge in [0.2, 0.25) is 5.88 Å². The fourth-order valence-electron chi connectivity index (χ4n) is 7.25. The fraction of sp³-hybridized carbons (Fsp3) is 0.800. The van der Waals surface area contributed by atoms with Gasteiger partial charge in [-0.05, 0) is 96.1 Å². The van der Waals surface area contributed by atoms with Gasteiger partial charge in [0.25, 0.3) is 5.91 Å². The lowest BCUT2D eigenvalue weighted by atomic mass is 9.53. The minimum Gasteiger partial charge on any atom is -0.481 e. The maximum absolute atomic E-state index is 13.4. The van der Waals surface area contributed by atoms with E-state index in [1.54, 1.807) is 10.9 Å². The lowest BCUT2D eigenvalue weighted by Crippen LogP contribution is -2.59. The van der Waals surface area contributed by atoms with Crippen LogP contribution in [0.3, 0.4) is 0 Å². The number of carbonyl (C=O) groups is 2. The number of hydrogen-bond donors (Lipinski definition) is 2. The topological polar surface area (TPSA) is 96.7 Å². The second kappa shape index (κ2) is 8.93. The third kappa shape index (κ3) is 4.77. The molecule has 1 saturated heterocycles. The van der Waals surface area contributed by atoms with Crippen LogP contribution >= 0.6 is 0 Å². The average Bonchev–Trinajstić information content (AvgIpc) is 3.13. The molecular formula is C25H38N4O4. The zero-order valence-electron chi connectivity index (χ0n) is 20.0. The van der Waals surface area contributed by atoms with Gasteiger partial charge in [-0.15, -0.1) is 0 Å². The number of hydrogen-bond acceptors (Lipinski definition) is 5. The third-order valence-corrected chi connectivity index (χ3v) is 8.36. The highest BCUT2D eigenvalue weighted by molar-refractivity contribution is 5.96. The predicted molar refractivity (Wildman–Crippen MR) is 123 cm³/mol. The normalized spacial score (nSPS) is 31.8. The van der Waals surface area contributed by atoms with Crippen molar-refractivity contribution < 1.29 is 19.4 Å². The van der Waals surface area contributed by atoms with Crippen molar-refractivity contribution in [3.05, 3.63) is 11.8 Å². The van der Waals surface area contributed by atoms with Crippen LogP contribution in [0.1, 0.15) is 75.6 Å². The number of nitrogens with zero attached hydrogens (tertiary/aromatic N) is 3. The summed E-state index contributed by atoms with van der Waals surface area (Å²) in [6.07, 6.45) is 10.4. The average molecular weight is 459 g/mol. The van der Waals surface area contributed by atoms with Gasteiger partial charge in [-0.3, -0.25) is 9.59 Å². The van der Waals surface area contributed by atoms with Crippen LogP contribution in [0.2, 0.25) is 0 Å². The number of carboxylic acid groups (broad SMARTS) is 1. The molecule has 0 aromatic carbocycles. The van der Waals surface area contributed by atoms with Crippen molar-refractivity contribution in [2.45, 2.75) is 83.4 Å². The lowest BCUT2D eigenvalue weighted by molar-refractivity contribution is -0.143. The van der Waals surface area contributed by atoms with E-state index < -0.39 is 5.97 Å². The van der Waals surface area contributed by atoms with E-state index in [9.17, 15) is 14.7 Å². The van der Waals surface area contributed by atoms with Crippen molar-refractivity contribution in [3.63, 3.8) is 0 Å². The van der Waals surface area contributed by atoms with Crippen LogP contribution in [0.25, 0.3) is 0 Å². The first kappa shape index (κ1) is 22.7. The molecule has 5 fully saturated rings. The highest BCUT2D eigenvalue weighted by Crippen LogP contribution is 2.55. The van der Waals surface area contributed by atoms with E-state index >= 15 is 0 Å². The highest BCUT2D eigenvalue weighted by Gasteiger charge is 2.51. The summed E-state index contributed by atoms with van der Waals surface area (Å²) in [4.78, 5) is 26.9. The van der Waals surface area contributed by atoms with E-state index in [1.807, 2.05) is 13.8 Å². The summed E-state index contributed by atoms with van der Waals surface area (Å²) in [5, 5.41) is 17.2. The molecule has 1 aromatic heterocycles. The number of ether oxygens (including phenoxy) is 1. The number of nitrogens with one attached hydrogen (secondary N) is 1. The van der Waals surface area contributed by atoms with Crippen LogP contribution in [0.5, 0.6) is 5.88 Å². The van der Waals surface area contributed by atoms with Gasteiger partial charge in [-0.1, -0.05) is 0 Å². The Labute approximate surface area is 196 Å². The summed E-state index contributed by atoms with van der Waals surface area (Å²) in [7, 11) is 0. The van der Waals surface area contributed by atoms with Gasteiger partial charge in [0.05, 0.1) is 24.8 Å². The first-order valence-electron chi connectivity index (χ1n) is 12.8. The monoisotopic (exact) mass is 458 g/mol. The summed E-state index contributed by atoms with van der Waals surface area (Å²) in [5.41, 5.74) is 0.487. The van der Waals surface area contributed by atoms with Gasteiger partial charge in [-0.2, -0.15) is 5.10 Å². The molecule has 8 heteroatoms. The summed E-state index contributed by atoms with van der Waals surface area (Å²) in [6, 6.07) is 0. The van der Waals surface area contributed by atoms with Gasteiger partial charge >= 0.3 is 5.97 Å². The molecule has 2 N–H and O–H groups in total. The van der Waals surface area contributed by atoms with Crippen LogP contribution in [-0.2, 0) is 11.3 Å². The Kier molecular flexibility index (Phi) is 6.14. The summed E-state index contributed by atoms with van der Waals surface area (Å²) in [6.45, 7) is 6.86. The van der Waals surface area contributed by atoms with Crippen LogP contribution in [-0.4, -0.2) is 62.9 Å². The van der Waals surface area contributed by atoms with Crippen LogP contribution in [0.4, 0.5) is 0 Å². The number of piperidine rings is 1. The first-order chi connectivity index (χ1) is 15.8. The zero-order chi connectivity index (χ0) is 23.2. The SMILES string of the molecule is CC(C)Oc1c(C(=O)NC23CC4CC(CC(C4)C2)C3)cnn1CCN1CCC(C(=O)O)CC1. The van der Waals surface area contributed by atoms with E-state index in [1.165, 1.54) is 19.3 Å². The minimum atomic E-state index is -0.691.